The highest BCUT2D eigenvalue weighted by atomic mass is 32.2. The number of rotatable bonds is 2. The zero-order valence-corrected chi connectivity index (χ0v) is 12.4. The molecule has 1 aliphatic rings. The minimum atomic E-state index is -3.52. The number of hydrogen-bond donors (Lipinski definition) is 0. The van der Waals surface area contributed by atoms with Crippen LogP contribution in [0.2, 0.25) is 0 Å². The zero-order valence-electron chi connectivity index (χ0n) is 11.6. The number of halogens is 1. The first-order valence-corrected chi connectivity index (χ1v) is 8.06. The summed E-state index contributed by atoms with van der Waals surface area (Å²) in [5, 5.41) is 0. The number of piperidine rings is 1. The van der Waals surface area contributed by atoms with Gasteiger partial charge in [-0.25, -0.2) is 12.8 Å². The average molecular weight is 285 g/mol. The van der Waals surface area contributed by atoms with E-state index in [2.05, 4.69) is 0 Å². The van der Waals surface area contributed by atoms with Gasteiger partial charge in [0.05, 0.1) is 4.90 Å². The molecule has 2 rings (SSSR count). The summed E-state index contributed by atoms with van der Waals surface area (Å²) in [4.78, 5) is 0.266. The van der Waals surface area contributed by atoms with Crippen LogP contribution < -0.4 is 0 Å². The SMILES string of the molecule is Cc1cc(F)cc(C)c1S(=O)(=O)N1CCCCC1C. The quantitative estimate of drug-likeness (QED) is 0.837. The van der Waals surface area contributed by atoms with Crippen molar-refractivity contribution in [1.29, 1.82) is 0 Å². The molecule has 1 aliphatic heterocycles. The van der Waals surface area contributed by atoms with Crippen molar-refractivity contribution in [2.75, 3.05) is 6.54 Å². The normalized spacial score (nSPS) is 21.6. The fourth-order valence-corrected chi connectivity index (χ4v) is 4.97. The lowest BCUT2D eigenvalue weighted by Gasteiger charge is -2.33. The summed E-state index contributed by atoms with van der Waals surface area (Å²) >= 11 is 0. The van der Waals surface area contributed by atoms with Gasteiger partial charge in [-0.2, -0.15) is 4.31 Å². The molecule has 1 heterocycles. The van der Waals surface area contributed by atoms with Gasteiger partial charge in [0, 0.05) is 12.6 Å². The first-order chi connectivity index (χ1) is 8.84. The Morgan fingerprint density at radius 1 is 1.21 bits per heavy atom. The van der Waals surface area contributed by atoms with E-state index in [0.29, 0.717) is 17.7 Å². The molecule has 5 heteroatoms. The molecule has 1 aromatic carbocycles. The fourth-order valence-electron chi connectivity index (χ4n) is 2.85. The van der Waals surface area contributed by atoms with Crippen LogP contribution in [-0.2, 0) is 10.0 Å². The van der Waals surface area contributed by atoms with E-state index in [0.717, 1.165) is 19.3 Å². The Balaban J connectivity index is 2.50. The van der Waals surface area contributed by atoms with Gasteiger partial charge in [0.15, 0.2) is 0 Å². The molecule has 106 valence electrons. The van der Waals surface area contributed by atoms with Crippen LogP contribution in [-0.4, -0.2) is 25.3 Å². The van der Waals surface area contributed by atoms with Gasteiger partial charge in [0.25, 0.3) is 0 Å². The van der Waals surface area contributed by atoms with Crippen molar-refractivity contribution >= 4 is 10.0 Å². The molecule has 1 saturated heterocycles. The van der Waals surface area contributed by atoms with Gasteiger partial charge in [-0.05, 0) is 56.9 Å². The molecular formula is C14H20FNO2S. The Bertz CT molecular complexity index is 560. The van der Waals surface area contributed by atoms with Crippen molar-refractivity contribution < 1.29 is 12.8 Å². The van der Waals surface area contributed by atoms with E-state index in [1.54, 1.807) is 18.2 Å². The standard InChI is InChI=1S/C14H20FNO2S/c1-10-8-13(15)9-11(2)14(10)19(17,18)16-7-5-4-6-12(16)3/h8-9,12H,4-7H2,1-3H3. The molecule has 0 aliphatic carbocycles. The third-order valence-corrected chi connectivity index (χ3v) is 6.05. The summed E-state index contributed by atoms with van der Waals surface area (Å²) < 4.78 is 40.4. The summed E-state index contributed by atoms with van der Waals surface area (Å²) in [6.45, 7) is 5.79. The van der Waals surface area contributed by atoms with Crippen molar-refractivity contribution in [1.82, 2.24) is 4.31 Å². The summed E-state index contributed by atoms with van der Waals surface area (Å²) in [6, 6.07) is 2.59. The van der Waals surface area contributed by atoms with Gasteiger partial charge in [-0.1, -0.05) is 6.42 Å². The molecule has 0 aromatic heterocycles. The lowest BCUT2D eigenvalue weighted by atomic mass is 10.1. The van der Waals surface area contributed by atoms with Crippen molar-refractivity contribution in [2.24, 2.45) is 0 Å². The highest BCUT2D eigenvalue weighted by molar-refractivity contribution is 7.89. The van der Waals surface area contributed by atoms with E-state index >= 15 is 0 Å². The van der Waals surface area contributed by atoms with E-state index < -0.39 is 10.0 Å². The Morgan fingerprint density at radius 2 is 1.79 bits per heavy atom. The predicted molar refractivity (Wildman–Crippen MR) is 73.1 cm³/mol. The molecule has 1 atom stereocenters. The molecule has 0 bridgehead atoms. The molecule has 0 N–H and O–H groups in total. The van der Waals surface area contributed by atoms with Crippen molar-refractivity contribution in [3.05, 3.63) is 29.1 Å². The number of aryl methyl sites for hydroxylation is 2. The first-order valence-electron chi connectivity index (χ1n) is 6.62. The molecule has 19 heavy (non-hydrogen) atoms. The van der Waals surface area contributed by atoms with Crippen molar-refractivity contribution in [3.8, 4) is 0 Å². The third kappa shape index (κ3) is 2.67. The second-order valence-electron chi connectivity index (χ2n) is 5.33. The molecule has 0 spiro atoms. The van der Waals surface area contributed by atoms with E-state index in [1.165, 1.54) is 12.1 Å². The molecule has 0 saturated carbocycles. The lowest BCUT2D eigenvalue weighted by Crippen LogP contribution is -2.42. The Kier molecular flexibility index (Phi) is 3.97. The molecule has 0 radical (unpaired) electrons. The maximum atomic E-state index is 13.3. The van der Waals surface area contributed by atoms with Crippen LogP contribution in [0.1, 0.15) is 37.3 Å². The Labute approximate surface area is 114 Å². The first kappa shape index (κ1) is 14.5. The summed E-state index contributed by atoms with van der Waals surface area (Å²) in [7, 11) is -3.52. The Morgan fingerprint density at radius 3 is 2.32 bits per heavy atom. The highest BCUT2D eigenvalue weighted by Gasteiger charge is 2.33. The van der Waals surface area contributed by atoms with Crippen LogP contribution in [0, 0.1) is 19.7 Å². The molecule has 1 aromatic rings. The maximum absolute atomic E-state index is 13.3. The smallest absolute Gasteiger partial charge is 0.207 e. The van der Waals surface area contributed by atoms with Gasteiger partial charge in [0.1, 0.15) is 5.82 Å². The van der Waals surface area contributed by atoms with E-state index in [1.807, 2.05) is 6.92 Å². The molecular weight excluding hydrogens is 265 g/mol. The number of benzene rings is 1. The fraction of sp³-hybridized carbons (Fsp3) is 0.571. The summed E-state index contributed by atoms with van der Waals surface area (Å²) in [5.74, 6) is -0.388. The van der Waals surface area contributed by atoms with Gasteiger partial charge < -0.3 is 0 Å². The van der Waals surface area contributed by atoms with E-state index in [4.69, 9.17) is 0 Å². The predicted octanol–water partition coefficient (Wildman–Crippen LogP) is 3.01. The molecule has 1 unspecified atom stereocenters. The van der Waals surface area contributed by atoms with Crippen molar-refractivity contribution in [3.63, 3.8) is 0 Å². The minimum Gasteiger partial charge on any atom is -0.207 e. The number of sulfonamides is 1. The lowest BCUT2D eigenvalue weighted by molar-refractivity contribution is 0.268. The van der Waals surface area contributed by atoms with Crippen LogP contribution >= 0.6 is 0 Å². The third-order valence-electron chi connectivity index (χ3n) is 3.73. The van der Waals surface area contributed by atoms with Gasteiger partial charge >= 0.3 is 0 Å². The second-order valence-corrected chi connectivity index (χ2v) is 7.16. The molecule has 0 amide bonds. The van der Waals surface area contributed by atoms with Gasteiger partial charge in [-0.15, -0.1) is 0 Å². The van der Waals surface area contributed by atoms with Gasteiger partial charge in [-0.3, -0.25) is 0 Å². The van der Waals surface area contributed by atoms with Gasteiger partial charge in [0.2, 0.25) is 10.0 Å². The molecule has 3 nitrogen and oxygen atoms in total. The van der Waals surface area contributed by atoms with E-state index in [9.17, 15) is 12.8 Å². The van der Waals surface area contributed by atoms with Crippen molar-refractivity contribution in [2.45, 2.75) is 51.0 Å². The summed E-state index contributed by atoms with van der Waals surface area (Å²) in [5.41, 5.74) is 0.963. The average Bonchev–Trinajstić information content (AvgIpc) is 2.27. The highest BCUT2D eigenvalue weighted by Crippen LogP contribution is 2.29. The van der Waals surface area contributed by atoms with Crippen LogP contribution in [0.15, 0.2) is 17.0 Å². The maximum Gasteiger partial charge on any atom is 0.243 e. The summed E-state index contributed by atoms with van der Waals surface area (Å²) in [6.07, 6.45) is 2.84. The topological polar surface area (TPSA) is 37.4 Å². The monoisotopic (exact) mass is 285 g/mol. The molecule has 1 fully saturated rings. The minimum absolute atomic E-state index is 0.0163. The Hall–Kier alpha value is -0.940. The number of nitrogens with zero attached hydrogens (tertiary/aromatic N) is 1. The van der Waals surface area contributed by atoms with Crippen LogP contribution in [0.25, 0.3) is 0 Å². The number of hydrogen-bond acceptors (Lipinski definition) is 2. The van der Waals surface area contributed by atoms with Crippen LogP contribution in [0.4, 0.5) is 4.39 Å². The zero-order chi connectivity index (χ0) is 14.2. The van der Waals surface area contributed by atoms with Crippen LogP contribution in [0.3, 0.4) is 0 Å². The van der Waals surface area contributed by atoms with E-state index in [-0.39, 0.29) is 16.8 Å². The second kappa shape index (κ2) is 5.21. The largest absolute Gasteiger partial charge is 0.243 e. The van der Waals surface area contributed by atoms with Crippen LogP contribution in [0.5, 0.6) is 0 Å².